The molecule has 2 N–H and O–H groups in total. The van der Waals surface area contributed by atoms with Crippen molar-refractivity contribution >= 4 is 61.8 Å². The zero-order valence-corrected chi connectivity index (χ0v) is 25.4. The molecule has 42 heavy (non-hydrogen) atoms. The number of anilines is 1. The number of carbonyl (C=O) groups is 1. The molecule has 0 radical (unpaired) electrons. The molecule has 1 unspecified atom stereocenters. The van der Waals surface area contributed by atoms with Crippen molar-refractivity contribution in [2.24, 2.45) is 4.99 Å². The van der Waals surface area contributed by atoms with Gasteiger partial charge < -0.3 is 0 Å². The van der Waals surface area contributed by atoms with Crippen LogP contribution in [-0.4, -0.2) is 36.7 Å². The Hall–Kier alpha value is -3.59. The fraction of sp³-hybridized carbons (Fsp3) is 0.179. The molecule has 2 heterocycles. The Bertz CT molecular complexity index is 1660. The predicted octanol–water partition coefficient (Wildman–Crippen LogP) is 6.60. The molecule has 1 aromatic heterocycles. The molecular formula is C28H23BrF3N7OS2. The van der Waals surface area contributed by atoms with Gasteiger partial charge in [0.2, 0.25) is 11.0 Å². The largest absolute Gasteiger partial charge is 0.416 e. The topological polar surface area (TPSA) is 87.4 Å². The molecule has 0 spiro atoms. The maximum Gasteiger partial charge on any atom is 0.416 e. The number of thiocarbonyl (C=S) groups is 1. The van der Waals surface area contributed by atoms with Crippen LogP contribution in [0.15, 0.2) is 82.5 Å². The number of hydrogen-bond donors (Lipinski definition) is 2. The summed E-state index contributed by atoms with van der Waals surface area (Å²) in [6.07, 6.45) is -2.94. The Balaban J connectivity index is 1.20. The van der Waals surface area contributed by atoms with E-state index in [4.69, 9.17) is 12.2 Å². The van der Waals surface area contributed by atoms with E-state index >= 15 is 0 Å². The quantitative estimate of drug-likeness (QED) is 0.176. The van der Waals surface area contributed by atoms with Gasteiger partial charge in [-0.15, -0.1) is 5.10 Å². The molecule has 1 atom stereocenters. The van der Waals surface area contributed by atoms with Gasteiger partial charge in [-0.05, 0) is 73.6 Å². The van der Waals surface area contributed by atoms with Crippen molar-refractivity contribution in [2.45, 2.75) is 26.1 Å². The number of benzene rings is 3. The van der Waals surface area contributed by atoms with Gasteiger partial charge in [-0.3, -0.25) is 15.1 Å². The first kappa shape index (κ1) is 29.9. The van der Waals surface area contributed by atoms with Gasteiger partial charge in [0.05, 0.1) is 22.7 Å². The zero-order chi connectivity index (χ0) is 30.0. The maximum absolute atomic E-state index is 12.8. The summed E-state index contributed by atoms with van der Waals surface area (Å²) in [7, 11) is 0. The first-order valence-corrected chi connectivity index (χ1v) is 14.7. The maximum atomic E-state index is 12.8. The van der Waals surface area contributed by atoms with Gasteiger partial charge in [0.25, 0.3) is 0 Å². The summed E-state index contributed by atoms with van der Waals surface area (Å²) >= 11 is 10.2. The van der Waals surface area contributed by atoms with Crippen molar-refractivity contribution < 1.29 is 18.0 Å². The van der Waals surface area contributed by atoms with Crippen LogP contribution < -0.4 is 15.8 Å². The van der Waals surface area contributed by atoms with Crippen LogP contribution in [0.1, 0.15) is 29.7 Å². The fourth-order valence-electron chi connectivity index (χ4n) is 4.12. The third kappa shape index (κ3) is 6.72. The van der Waals surface area contributed by atoms with E-state index in [1.807, 2.05) is 56.3 Å². The highest BCUT2D eigenvalue weighted by molar-refractivity contribution is 9.10. The third-order valence-corrected chi connectivity index (χ3v) is 8.00. The molecular weight excluding hydrogens is 651 g/mol. The monoisotopic (exact) mass is 673 g/mol. The number of rotatable bonds is 6. The second kappa shape index (κ2) is 12.3. The number of amides is 1. The molecule has 1 fully saturated rings. The molecule has 0 aliphatic carbocycles. The average molecular weight is 675 g/mol. The van der Waals surface area contributed by atoms with Crippen LogP contribution in [0, 0.1) is 6.92 Å². The number of hydrazine groups is 1. The standard InChI is InChI=1S/C28H23BrF3N7OS2/c1-16-3-10-21(29)13-23(16)39-24(40)14-42-27(39)34-26(41)36-35-17(2)18-4-6-19(7-5-18)25-33-15-38(37-25)22-11-8-20(9-12-22)28(30,31)32/h3-13,15,17,35H,14H2,1-2H3,(H,36,41). The molecule has 1 saturated heterocycles. The summed E-state index contributed by atoms with van der Waals surface area (Å²) in [4.78, 5) is 23.0. The predicted molar refractivity (Wildman–Crippen MR) is 165 cm³/mol. The Morgan fingerprint density at radius 2 is 1.83 bits per heavy atom. The van der Waals surface area contributed by atoms with Crippen LogP contribution in [0.2, 0.25) is 0 Å². The highest BCUT2D eigenvalue weighted by atomic mass is 79.9. The van der Waals surface area contributed by atoms with E-state index in [1.54, 1.807) is 4.90 Å². The number of aromatic nitrogens is 3. The number of carbonyl (C=O) groups excluding carboxylic acids is 1. The van der Waals surface area contributed by atoms with Crippen molar-refractivity contribution in [3.8, 4) is 17.1 Å². The number of alkyl halides is 3. The summed E-state index contributed by atoms with van der Waals surface area (Å²) in [5.74, 6) is 0.648. The van der Waals surface area contributed by atoms with Crippen molar-refractivity contribution in [1.82, 2.24) is 25.6 Å². The molecule has 8 nitrogen and oxygen atoms in total. The van der Waals surface area contributed by atoms with Crippen LogP contribution in [0.5, 0.6) is 0 Å². The van der Waals surface area contributed by atoms with E-state index < -0.39 is 11.7 Å². The molecule has 4 aromatic rings. The van der Waals surface area contributed by atoms with Crippen LogP contribution in [0.25, 0.3) is 17.1 Å². The molecule has 216 valence electrons. The second-order valence-corrected chi connectivity index (χ2v) is 11.6. The Kier molecular flexibility index (Phi) is 8.78. The van der Waals surface area contributed by atoms with Crippen LogP contribution in [-0.2, 0) is 11.0 Å². The van der Waals surface area contributed by atoms with Gasteiger partial charge in [-0.2, -0.15) is 18.2 Å². The number of nitrogens with one attached hydrogen (secondary N) is 2. The minimum atomic E-state index is -4.40. The van der Waals surface area contributed by atoms with E-state index in [-0.39, 0.29) is 22.8 Å². The molecule has 0 saturated carbocycles. The lowest BCUT2D eigenvalue weighted by Gasteiger charge is -2.19. The summed E-state index contributed by atoms with van der Waals surface area (Å²) in [6, 6.07) is 17.8. The molecule has 1 amide bonds. The summed E-state index contributed by atoms with van der Waals surface area (Å²) in [6.45, 7) is 3.88. The average Bonchev–Trinajstić information content (AvgIpc) is 3.60. The smallest absolute Gasteiger partial charge is 0.296 e. The van der Waals surface area contributed by atoms with Gasteiger partial charge >= 0.3 is 6.18 Å². The van der Waals surface area contributed by atoms with Crippen molar-refractivity contribution in [2.75, 3.05) is 10.7 Å². The first-order chi connectivity index (χ1) is 20.0. The van der Waals surface area contributed by atoms with Crippen LogP contribution >= 0.6 is 39.9 Å². The minimum absolute atomic E-state index is 0.0668. The summed E-state index contributed by atoms with van der Waals surface area (Å²) < 4.78 is 40.8. The summed E-state index contributed by atoms with van der Waals surface area (Å²) in [5, 5.41) is 5.09. The van der Waals surface area contributed by atoms with Crippen LogP contribution in [0.4, 0.5) is 18.9 Å². The molecule has 3 aromatic carbocycles. The normalized spacial score (nSPS) is 15.3. The molecule has 1 aliphatic rings. The SMILES string of the molecule is Cc1ccc(Br)cc1N1C(=O)CSC1=NC(=S)NNC(C)c1ccc(-c2ncn(-c3ccc(C(F)(F)F)cc3)n2)cc1. The highest BCUT2D eigenvalue weighted by Gasteiger charge is 2.31. The van der Waals surface area contributed by atoms with E-state index in [0.717, 1.165) is 39.0 Å². The van der Waals surface area contributed by atoms with Gasteiger partial charge in [-0.1, -0.05) is 58.0 Å². The van der Waals surface area contributed by atoms with E-state index in [1.165, 1.54) is 34.9 Å². The number of nitrogens with zero attached hydrogens (tertiary/aromatic N) is 5. The van der Waals surface area contributed by atoms with Crippen LogP contribution in [0.3, 0.4) is 0 Å². The molecule has 0 bridgehead atoms. The number of amidine groups is 1. The van der Waals surface area contributed by atoms with E-state index in [2.05, 4.69) is 41.9 Å². The lowest BCUT2D eigenvalue weighted by Crippen LogP contribution is -2.38. The van der Waals surface area contributed by atoms with E-state index in [0.29, 0.717) is 16.7 Å². The third-order valence-electron chi connectivity index (χ3n) is 6.39. The Morgan fingerprint density at radius 1 is 1.12 bits per heavy atom. The number of thioether (sulfide) groups is 1. The second-order valence-electron chi connectivity index (χ2n) is 9.32. The minimum Gasteiger partial charge on any atom is -0.296 e. The number of hydrogen-bond acceptors (Lipinski definition) is 6. The Labute approximate surface area is 257 Å². The first-order valence-electron chi connectivity index (χ1n) is 12.6. The van der Waals surface area contributed by atoms with Gasteiger partial charge in [-0.25, -0.2) is 15.1 Å². The van der Waals surface area contributed by atoms with Crippen molar-refractivity contribution in [3.05, 3.63) is 94.2 Å². The number of aliphatic imine (C=N–C) groups is 1. The fourth-order valence-corrected chi connectivity index (χ4v) is 5.54. The van der Waals surface area contributed by atoms with Crippen molar-refractivity contribution in [3.63, 3.8) is 0 Å². The zero-order valence-electron chi connectivity index (χ0n) is 22.2. The van der Waals surface area contributed by atoms with Gasteiger partial charge in [0.1, 0.15) is 6.33 Å². The molecule has 5 rings (SSSR count). The lowest BCUT2D eigenvalue weighted by molar-refractivity contribution is -0.137. The number of aryl methyl sites for hydroxylation is 1. The molecule has 1 aliphatic heterocycles. The van der Waals surface area contributed by atoms with Crippen molar-refractivity contribution in [1.29, 1.82) is 0 Å². The van der Waals surface area contributed by atoms with Gasteiger partial charge in [0.15, 0.2) is 11.0 Å². The summed E-state index contributed by atoms with van der Waals surface area (Å²) in [5.41, 5.74) is 9.19. The molecule has 14 heteroatoms. The van der Waals surface area contributed by atoms with E-state index in [9.17, 15) is 18.0 Å². The highest BCUT2D eigenvalue weighted by Crippen LogP contribution is 2.32. The van der Waals surface area contributed by atoms with Gasteiger partial charge in [0, 0.05) is 16.1 Å². The number of halogens is 4. The lowest BCUT2D eigenvalue weighted by atomic mass is 10.1. The Morgan fingerprint density at radius 3 is 2.52 bits per heavy atom.